The predicted octanol–water partition coefficient (Wildman–Crippen LogP) is 2.20. The minimum Gasteiger partial charge on any atom is -0.498 e. The zero-order chi connectivity index (χ0) is 7.56. The summed E-state index contributed by atoms with van der Waals surface area (Å²) >= 11 is 0. The van der Waals surface area contributed by atoms with Crippen molar-refractivity contribution in [1.29, 1.82) is 0 Å². The largest absolute Gasteiger partial charge is 0.498 e. The maximum Gasteiger partial charge on any atom is 0.160 e. The van der Waals surface area contributed by atoms with Gasteiger partial charge in [0.2, 0.25) is 0 Å². The van der Waals surface area contributed by atoms with E-state index < -0.39 is 6.17 Å². The topological polar surface area (TPSA) is 9.23 Å². The Labute approximate surface area is 60.2 Å². The molecule has 0 N–H and O–H groups in total. The van der Waals surface area contributed by atoms with E-state index in [0.717, 1.165) is 5.57 Å². The minimum absolute atomic E-state index is 0.444. The van der Waals surface area contributed by atoms with Crippen LogP contribution < -0.4 is 0 Å². The van der Waals surface area contributed by atoms with Crippen molar-refractivity contribution in [3.8, 4) is 0 Å². The van der Waals surface area contributed by atoms with Crippen molar-refractivity contribution in [2.45, 2.75) is 19.5 Å². The lowest BCUT2D eigenvalue weighted by molar-refractivity contribution is 0.202. The first-order valence-electron chi connectivity index (χ1n) is 3.30. The van der Waals surface area contributed by atoms with Gasteiger partial charge in [-0.15, -0.1) is 0 Å². The van der Waals surface area contributed by atoms with Gasteiger partial charge in [0.05, 0.1) is 7.11 Å². The van der Waals surface area contributed by atoms with Crippen molar-refractivity contribution in [3.63, 3.8) is 0 Å². The molecule has 1 atom stereocenters. The summed E-state index contributed by atoms with van der Waals surface area (Å²) in [6, 6.07) is 0. The number of allylic oxidation sites excluding steroid dienone is 4. The van der Waals surface area contributed by atoms with Gasteiger partial charge in [-0.3, -0.25) is 0 Å². The highest BCUT2D eigenvalue weighted by Crippen LogP contribution is 2.20. The maximum absolute atomic E-state index is 12.8. The van der Waals surface area contributed by atoms with Crippen molar-refractivity contribution in [2.24, 2.45) is 0 Å². The Hall–Kier alpha value is -0.790. The Bertz CT molecular complexity index is 182. The van der Waals surface area contributed by atoms with E-state index in [9.17, 15) is 4.39 Å². The summed E-state index contributed by atoms with van der Waals surface area (Å²) in [7, 11) is 1.50. The maximum atomic E-state index is 12.8. The molecule has 1 nitrogen and oxygen atoms in total. The highest BCUT2D eigenvalue weighted by Gasteiger charge is 2.15. The third-order valence-electron chi connectivity index (χ3n) is 1.56. The predicted molar refractivity (Wildman–Crippen MR) is 38.4 cm³/mol. The summed E-state index contributed by atoms with van der Waals surface area (Å²) in [6.07, 6.45) is 3.11. The van der Waals surface area contributed by atoms with Gasteiger partial charge in [-0.25, -0.2) is 4.39 Å². The number of ether oxygens (including phenoxy) is 1. The standard InChI is InChI=1S/C8H11FO/c1-6-3-4-7(9)8(5-6)10-2/h3,5,7H,4H2,1-2H3. The summed E-state index contributed by atoms with van der Waals surface area (Å²) < 4.78 is 17.6. The van der Waals surface area contributed by atoms with E-state index in [1.165, 1.54) is 7.11 Å². The first-order chi connectivity index (χ1) is 4.74. The average Bonchev–Trinajstić information content (AvgIpc) is 1.94. The molecule has 0 fully saturated rings. The molecular weight excluding hydrogens is 131 g/mol. The Morgan fingerprint density at radius 3 is 2.90 bits per heavy atom. The third kappa shape index (κ3) is 1.38. The van der Waals surface area contributed by atoms with Crippen molar-refractivity contribution in [3.05, 3.63) is 23.5 Å². The molecule has 0 amide bonds. The number of rotatable bonds is 1. The van der Waals surface area contributed by atoms with Crippen LogP contribution in [0.4, 0.5) is 4.39 Å². The van der Waals surface area contributed by atoms with Crippen LogP contribution in [0.3, 0.4) is 0 Å². The van der Waals surface area contributed by atoms with E-state index in [1.807, 2.05) is 13.0 Å². The Balaban J connectivity index is 2.73. The van der Waals surface area contributed by atoms with Gasteiger partial charge in [0.15, 0.2) is 6.17 Å². The highest BCUT2D eigenvalue weighted by molar-refractivity contribution is 5.25. The average molecular weight is 142 g/mol. The molecule has 0 aromatic heterocycles. The Morgan fingerprint density at radius 2 is 2.40 bits per heavy atom. The van der Waals surface area contributed by atoms with Gasteiger partial charge in [-0.2, -0.15) is 0 Å². The number of alkyl halides is 1. The first-order valence-corrected chi connectivity index (χ1v) is 3.30. The monoisotopic (exact) mass is 142 g/mol. The van der Waals surface area contributed by atoms with Crippen molar-refractivity contribution in [2.75, 3.05) is 7.11 Å². The van der Waals surface area contributed by atoms with Gasteiger partial charge in [0.1, 0.15) is 5.76 Å². The van der Waals surface area contributed by atoms with Gasteiger partial charge in [0.25, 0.3) is 0 Å². The molecule has 2 heteroatoms. The van der Waals surface area contributed by atoms with Crippen molar-refractivity contribution >= 4 is 0 Å². The van der Waals surface area contributed by atoms with E-state index in [2.05, 4.69) is 0 Å². The molecule has 1 aliphatic carbocycles. The van der Waals surface area contributed by atoms with Gasteiger partial charge < -0.3 is 4.74 Å². The van der Waals surface area contributed by atoms with Crippen LogP contribution in [0.25, 0.3) is 0 Å². The zero-order valence-corrected chi connectivity index (χ0v) is 6.23. The van der Waals surface area contributed by atoms with Crippen LogP contribution in [0.1, 0.15) is 13.3 Å². The second-order valence-corrected chi connectivity index (χ2v) is 2.40. The fraction of sp³-hybridized carbons (Fsp3) is 0.500. The third-order valence-corrected chi connectivity index (χ3v) is 1.56. The lowest BCUT2D eigenvalue weighted by Crippen LogP contribution is -2.08. The molecule has 0 aromatic carbocycles. The summed E-state index contributed by atoms with van der Waals surface area (Å²) in [6.45, 7) is 1.94. The van der Waals surface area contributed by atoms with Crippen LogP contribution in [-0.2, 0) is 4.74 Å². The van der Waals surface area contributed by atoms with E-state index >= 15 is 0 Å². The molecule has 0 aromatic rings. The van der Waals surface area contributed by atoms with Gasteiger partial charge in [-0.05, 0) is 13.0 Å². The van der Waals surface area contributed by atoms with Gasteiger partial charge in [0, 0.05) is 6.42 Å². The van der Waals surface area contributed by atoms with Crippen LogP contribution >= 0.6 is 0 Å². The smallest absolute Gasteiger partial charge is 0.160 e. The molecule has 0 bridgehead atoms. The minimum atomic E-state index is -0.936. The van der Waals surface area contributed by atoms with Gasteiger partial charge in [-0.1, -0.05) is 11.6 Å². The van der Waals surface area contributed by atoms with E-state index in [0.29, 0.717) is 12.2 Å². The molecule has 0 spiro atoms. The molecule has 0 saturated heterocycles. The number of hydrogen-bond donors (Lipinski definition) is 0. The molecule has 0 saturated carbocycles. The SMILES string of the molecule is COC1=CC(C)=CCC1F. The second kappa shape index (κ2) is 2.86. The van der Waals surface area contributed by atoms with Crippen LogP contribution in [0.15, 0.2) is 23.5 Å². The first kappa shape index (κ1) is 7.32. The van der Waals surface area contributed by atoms with Crippen LogP contribution in [0, 0.1) is 0 Å². The van der Waals surface area contributed by atoms with Crippen molar-refractivity contribution in [1.82, 2.24) is 0 Å². The second-order valence-electron chi connectivity index (χ2n) is 2.40. The van der Waals surface area contributed by atoms with E-state index in [1.54, 1.807) is 6.08 Å². The lowest BCUT2D eigenvalue weighted by Gasteiger charge is -2.14. The molecule has 0 heterocycles. The summed E-state index contributed by atoms with van der Waals surface area (Å²) in [5.74, 6) is 0.444. The molecule has 56 valence electrons. The molecule has 1 unspecified atom stereocenters. The fourth-order valence-corrected chi connectivity index (χ4v) is 0.966. The summed E-state index contributed by atoms with van der Waals surface area (Å²) in [4.78, 5) is 0. The summed E-state index contributed by atoms with van der Waals surface area (Å²) in [5, 5.41) is 0. The lowest BCUT2D eigenvalue weighted by atomic mass is 10.1. The number of halogens is 1. The molecule has 10 heavy (non-hydrogen) atoms. The fourth-order valence-electron chi connectivity index (χ4n) is 0.966. The quantitative estimate of drug-likeness (QED) is 0.545. The molecule has 0 aliphatic heterocycles. The Morgan fingerprint density at radius 1 is 1.70 bits per heavy atom. The normalized spacial score (nSPS) is 25.3. The van der Waals surface area contributed by atoms with Gasteiger partial charge >= 0.3 is 0 Å². The molecule has 1 aliphatic rings. The molecule has 0 radical (unpaired) electrons. The molecule has 1 rings (SSSR count). The summed E-state index contributed by atoms with van der Waals surface area (Å²) in [5.41, 5.74) is 1.07. The molecular formula is C8H11FO. The number of hydrogen-bond acceptors (Lipinski definition) is 1. The Kier molecular flexibility index (Phi) is 2.10. The van der Waals surface area contributed by atoms with Crippen molar-refractivity contribution < 1.29 is 9.13 Å². The number of methoxy groups -OCH3 is 1. The van der Waals surface area contributed by atoms with E-state index in [-0.39, 0.29) is 0 Å². The zero-order valence-electron chi connectivity index (χ0n) is 6.23. The van der Waals surface area contributed by atoms with Crippen LogP contribution in [0.2, 0.25) is 0 Å². The van der Waals surface area contributed by atoms with E-state index in [4.69, 9.17) is 4.74 Å². The van der Waals surface area contributed by atoms with Crippen LogP contribution in [-0.4, -0.2) is 13.3 Å². The van der Waals surface area contributed by atoms with Crippen LogP contribution in [0.5, 0.6) is 0 Å². The highest BCUT2D eigenvalue weighted by atomic mass is 19.1.